The van der Waals surface area contributed by atoms with Crippen molar-refractivity contribution in [3.8, 4) is 0 Å². The summed E-state index contributed by atoms with van der Waals surface area (Å²) in [7, 11) is 0. The Kier molecular flexibility index (Phi) is 5.43. The first-order valence-electron chi connectivity index (χ1n) is 7.02. The van der Waals surface area contributed by atoms with E-state index >= 15 is 0 Å². The fourth-order valence-electron chi connectivity index (χ4n) is 2.01. The van der Waals surface area contributed by atoms with Crippen molar-refractivity contribution in [1.29, 1.82) is 0 Å². The third kappa shape index (κ3) is 3.41. The molecule has 2 aromatic heterocycles. The highest BCUT2D eigenvalue weighted by Crippen LogP contribution is 2.27. The second-order valence-electron chi connectivity index (χ2n) is 4.46. The SMILES string of the molecule is CCOC(=O)CSc1nn2c(C)cccc2c1C(=O)OCC. The molecule has 0 aromatic carbocycles. The maximum atomic E-state index is 12.2. The summed E-state index contributed by atoms with van der Waals surface area (Å²) >= 11 is 1.18. The van der Waals surface area contributed by atoms with E-state index in [1.54, 1.807) is 24.4 Å². The van der Waals surface area contributed by atoms with Crippen LogP contribution in [0.1, 0.15) is 29.9 Å². The fraction of sp³-hybridized carbons (Fsp3) is 0.400. The molecule has 0 saturated carbocycles. The average Bonchev–Trinajstić information content (AvgIpc) is 2.86. The molecule has 0 saturated heterocycles. The summed E-state index contributed by atoms with van der Waals surface area (Å²) < 4.78 is 11.7. The molecule has 0 aliphatic heterocycles. The molecule has 118 valence electrons. The molecule has 0 fully saturated rings. The zero-order valence-electron chi connectivity index (χ0n) is 12.8. The fourth-order valence-corrected chi connectivity index (χ4v) is 2.82. The Morgan fingerprint density at radius 1 is 1.23 bits per heavy atom. The predicted molar refractivity (Wildman–Crippen MR) is 83.2 cm³/mol. The Morgan fingerprint density at radius 2 is 1.95 bits per heavy atom. The van der Waals surface area contributed by atoms with Crippen molar-refractivity contribution in [2.45, 2.75) is 25.8 Å². The molecule has 0 atom stereocenters. The standard InChI is InChI=1S/C15H18N2O4S/c1-4-20-12(18)9-22-14-13(15(19)21-5-2)11-8-6-7-10(3)17(11)16-14/h6-8H,4-5,9H2,1-3H3. The highest BCUT2D eigenvalue weighted by Gasteiger charge is 2.22. The number of pyridine rings is 1. The first kappa shape index (κ1) is 16.4. The highest BCUT2D eigenvalue weighted by molar-refractivity contribution is 8.00. The van der Waals surface area contributed by atoms with Crippen molar-refractivity contribution in [3.05, 3.63) is 29.5 Å². The summed E-state index contributed by atoms with van der Waals surface area (Å²) in [4.78, 5) is 23.7. The number of hydrogen-bond donors (Lipinski definition) is 0. The van der Waals surface area contributed by atoms with Crippen LogP contribution >= 0.6 is 11.8 Å². The zero-order valence-corrected chi connectivity index (χ0v) is 13.6. The zero-order chi connectivity index (χ0) is 16.1. The minimum Gasteiger partial charge on any atom is -0.465 e. The summed E-state index contributed by atoms with van der Waals surface area (Å²) in [6.07, 6.45) is 0. The Morgan fingerprint density at radius 3 is 2.64 bits per heavy atom. The first-order valence-corrected chi connectivity index (χ1v) is 8.00. The van der Waals surface area contributed by atoms with Crippen LogP contribution in [-0.2, 0) is 14.3 Å². The Bertz CT molecular complexity index is 696. The number of esters is 2. The van der Waals surface area contributed by atoms with Crippen molar-refractivity contribution in [1.82, 2.24) is 9.61 Å². The molecule has 0 unspecified atom stereocenters. The van der Waals surface area contributed by atoms with E-state index in [-0.39, 0.29) is 18.3 Å². The molecular formula is C15H18N2O4S. The lowest BCUT2D eigenvalue weighted by atomic mass is 10.2. The molecule has 0 radical (unpaired) electrons. The molecule has 2 rings (SSSR count). The number of aryl methyl sites for hydroxylation is 1. The molecule has 0 spiro atoms. The first-order chi connectivity index (χ1) is 10.6. The Hall–Kier alpha value is -2.02. The van der Waals surface area contributed by atoms with Crippen LogP contribution in [0, 0.1) is 6.92 Å². The van der Waals surface area contributed by atoms with Crippen molar-refractivity contribution < 1.29 is 19.1 Å². The number of aromatic nitrogens is 2. The molecule has 0 amide bonds. The summed E-state index contributed by atoms with van der Waals surface area (Å²) in [5.41, 5.74) is 1.95. The van der Waals surface area contributed by atoms with Crippen LogP contribution in [0.3, 0.4) is 0 Å². The van der Waals surface area contributed by atoms with Crippen LogP contribution in [0.4, 0.5) is 0 Å². The van der Waals surface area contributed by atoms with E-state index in [0.29, 0.717) is 22.7 Å². The van der Waals surface area contributed by atoms with E-state index in [9.17, 15) is 9.59 Å². The van der Waals surface area contributed by atoms with E-state index < -0.39 is 5.97 Å². The van der Waals surface area contributed by atoms with Gasteiger partial charge in [0, 0.05) is 5.69 Å². The molecule has 0 bridgehead atoms. The second-order valence-corrected chi connectivity index (χ2v) is 5.42. The predicted octanol–water partition coefficient (Wildman–Crippen LogP) is 2.47. The molecule has 2 heterocycles. The number of rotatable bonds is 6. The molecular weight excluding hydrogens is 304 g/mol. The van der Waals surface area contributed by atoms with Crippen LogP contribution in [0.15, 0.2) is 23.2 Å². The number of fused-ring (bicyclic) bond motifs is 1. The van der Waals surface area contributed by atoms with Gasteiger partial charge in [-0.15, -0.1) is 0 Å². The molecule has 0 aliphatic rings. The van der Waals surface area contributed by atoms with Gasteiger partial charge in [0.1, 0.15) is 10.6 Å². The van der Waals surface area contributed by atoms with Crippen molar-refractivity contribution in [2.75, 3.05) is 19.0 Å². The van der Waals surface area contributed by atoms with Crippen molar-refractivity contribution in [2.24, 2.45) is 0 Å². The minimum absolute atomic E-state index is 0.100. The average molecular weight is 322 g/mol. The van der Waals surface area contributed by atoms with E-state index in [0.717, 1.165) is 5.69 Å². The lowest BCUT2D eigenvalue weighted by Crippen LogP contribution is -2.08. The van der Waals surface area contributed by atoms with Crippen LogP contribution in [0.5, 0.6) is 0 Å². The molecule has 0 N–H and O–H groups in total. The topological polar surface area (TPSA) is 69.9 Å². The molecule has 0 aliphatic carbocycles. The van der Waals surface area contributed by atoms with Crippen LogP contribution < -0.4 is 0 Å². The minimum atomic E-state index is -0.436. The van der Waals surface area contributed by atoms with E-state index in [4.69, 9.17) is 9.47 Å². The van der Waals surface area contributed by atoms with Crippen LogP contribution in [0.25, 0.3) is 5.52 Å². The van der Waals surface area contributed by atoms with E-state index in [1.165, 1.54) is 11.8 Å². The smallest absolute Gasteiger partial charge is 0.343 e. The summed E-state index contributed by atoms with van der Waals surface area (Å²) in [6, 6.07) is 5.56. The Labute approximate surface area is 132 Å². The van der Waals surface area contributed by atoms with Gasteiger partial charge in [-0.2, -0.15) is 5.10 Å². The van der Waals surface area contributed by atoms with Crippen LogP contribution in [0.2, 0.25) is 0 Å². The number of nitrogens with zero attached hydrogens (tertiary/aromatic N) is 2. The number of carbonyl (C=O) groups excluding carboxylic acids is 2. The van der Waals surface area contributed by atoms with Crippen LogP contribution in [-0.4, -0.2) is 40.5 Å². The summed E-state index contributed by atoms with van der Waals surface area (Å²) in [6.45, 7) is 6.01. The van der Waals surface area contributed by atoms with E-state index in [2.05, 4.69) is 5.10 Å². The summed E-state index contributed by atoms with van der Waals surface area (Å²) in [5, 5.41) is 4.89. The highest BCUT2D eigenvalue weighted by atomic mass is 32.2. The van der Waals surface area contributed by atoms with Crippen molar-refractivity contribution >= 4 is 29.2 Å². The van der Waals surface area contributed by atoms with Gasteiger partial charge in [0.05, 0.1) is 24.5 Å². The number of hydrogen-bond acceptors (Lipinski definition) is 6. The molecule has 2 aromatic rings. The van der Waals surface area contributed by atoms with Gasteiger partial charge < -0.3 is 9.47 Å². The maximum Gasteiger partial charge on any atom is 0.343 e. The van der Waals surface area contributed by atoms with Gasteiger partial charge in [-0.05, 0) is 32.9 Å². The van der Waals surface area contributed by atoms with E-state index in [1.807, 2.05) is 19.1 Å². The van der Waals surface area contributed by atoms with Crippen molar-refractivity contribution in [3.63, 3.8) is 0 Å². The van der Waals surface area contributed by atoms with Gasteiger partial charge in [-0.25, -0.2) is 9.31 Å². The monoisotopic (exact) mass is 322 g/mol. The molecule has 6 nitrogen and oxygen atoms in total. The maximum absolute atomic E-state index is 12.2. The largest absolute Gasteiger partial charge is 0.465 e. The number of thioether (sulfide) groups is 1. The normalized spacial score (nSPS) is 10.7. The molecule has 7 heteroatoms. The third-order valence-electron chi connectivity index (χ3n) is 2.93. The number of ether oxygens (including phenoxy) is 2. The number of carbonyl (C=O) groups is 2. The molecule has 22 heavy (non-hydrogen) atoms. The van der Waals surface area contributed by atoms with Gasteiger partial charge >= 0.3 is 11.9 Å². The Balaban J connectivity index is 2.38. The van der Waals surface area contributed by atoms with Gasteiger partial charge in [-0.1, -0.05) is 17.8 Å². The second kappa shape index (κ2) is 7.31. The lowest BCUT2D eigenvalue weighted by molar-refractivity contribution is -0.139. The lowest BCUT2D eigenvalue weighted by Gasteiger charge is -2.03. The summed E-state index contributed by atoms with van der Waals surface area (Å²) in [5.74, 6) is -0.672. The van der Waals surface area contributed by atoms with Gasteiger partial charge in [0.25, 0.3) is 0 Å². The third-order valence-corrected chi connectivity index (χ3v) is 3.87. The van der Waals surface area contributed by atoms with Gasteiger partial charge in [-0.3, -0.25) is 4.79 Å². The van der Waals surface area contributed by atoms with Gasteiger partial charge in [0.2, 0.25) is 0 Å². The quantitative estimate of drug-likeness (QED) is 0.601. The van der Waals surface area contributed by atoms with Gasteiger partial charge in [0.15, 0.2) is 0 Å².